The van der Waals surface area contributed by atoms with Crippen molar-refractivity contribution < 1.29 is 19.5 Å². The summed E-state index contributed by atoms with van der Waals surface area (Å²) in [5, 5.41) is 21.3. The van der Waals surface area contributed by atoms with Crippen LogP contribution in [0, 0.1) is 0 Å². The first-order chi connectivity index (χ1) is 18.3. The van der Waals surface area contributed by atoms with Crippen LogP contribution in [0.3, 0.4) is 0 Å². The monoisotopic (exact) mass is 528 g/mol. The summed E-state index contributed by atoms with van der Waals surface area (Å²) < 4.78 is 0. The highest BCUT2D eigenvalue weighted by molar-refractivity contribution is 7.08. The van der Waals surface area contributed by atoms with Crippen LogP contribution in [0.5, 0.6) is 0 Å². The van der Waals surface area contributed by atoms with Gasteiger partial charge in [-0.15, -0.1) is 0 Å². The van der Waals surface area contributed by atoms with E-state index in [1.807, 2.05) is 66.2 Å². The van der Waals surface area contributed by atoms with Crippen LogP contribution in [-0.2, 0) is 4.79 Å². The molecular weight excluding hydrogens is 500 g/mol. The quantitative estimate of drug-likeness (QED) is 0.212. The average Bonchev–Trinajstić information content (AvgIpc) is 3.44. The third-order valence-corrected chi connectivity index (χ3v) is 6.53. The fourth-order valence-electron chi connectivity index (χ4n) is 4.00. The third kappa shape index (κ3) is 6.84. The number of carboxylic acid groups (broad SMARTS) is 1. The van der Waals surface area contributed by atoms with Crippen LogP contribution in [0.2, 0.25) is 0 Å². The van der Waals surface area contributed by atoms with Crippen LogP contribution < -0.4 is 16.0 Å². The molecule has 0 aliphatic rings. The van der Waals surface area contributed by atoms with Gasteiger partial charge in [0, 0.05) is 17.8 Å². The molecule has 4 aromatic rings. The van der Waals surface area contributed by atoms with Gasteiger partial charge in [-0.05, 0) is 84.0 Å². The number of carbonyl (C=O) groups is 3. The van der Waals surface area contributed by atoms with Gasteiger partial charge in [0.15, 0.2) is 0 Å². The highest BCUT2D eigenvalue weighted by Gasteiger charge is 2.22. The fraction of sp³-hybridized carbons (Fsp3) is 0.138. The highest BCUT2D eigenvalue weighted by Crippen LogP contribution is 2.31. The second-order valence-electron chi connectivity index (χ2n) is 8.95. The Kier molecular flexibility index (Phi) is 8.52. The van der Waals surface area contributed by atoms with E-state index in [9.17, 15) is 19.5 Å². The molecule has 1 unspecified atom stereocenters. The third-order valence-electron chi connectivity index (χ3n) is 5.84. The molecule has 0 fully saturated rings. The number of anilines is 3. The molecule has 0 aliphatic carbocycles. The maximum atomic E-state index is 13.1. The molecule has 3 aromatic carbocycles. The number of nitrogens with one attached hydrogen (secondary N) is 3. The van der Waals surface area contributed by atoms with E-state index >= 15 is 0 Å². The first-order valence-electron chi connectivity index (χ1n) is 11.9. The highest BCUT2D eigenvalue weighted by atomic mass is 32.1. The number of thiophene rings is 1. The van der Waals surface area contributed by atoms with Gasteiger partial charge in [0.25, 0.3) is 5.91 Å². The SMILES string of the molecule is CN(C)CC(C(=O)Nc1ccccc1)c1ccc(C(=O)Nc2cc(-c3ccsc3)ccc2NC(=O)O)cc1. The molecule has 0 bridgehead atoms. The maximum Gasteiger partial charge on any atom is 0.409 e. The van der Waals surface area contributed by atoms with Gasteiger partial charge in [0.05, 0.1) is 17.3 Å². The summed E-state index contributed by atoms with van der Waals surface area (Å²) >= 11 is 1.55. The topological polar surface area (TPSA) is 111 Å². The van der Waals surface area contributed by atoms with Gasteiger partial charge in [-0.2, -0.15) is 11.3 Å². The van der Waals surface area contributed by atoms with E-state index in [2.05, 4.69) is 16.0 Å². The normalized spacial score (nSPS) is 11.6. The van der Waals surface area contributed by atoms with E-state index in [4.69, 9.17) is 0 Å². The zero-order valence-electron chi connectivity index (χ0n) is 21.0. The minimum Gasteiger partial charge on any atom is -0.465 e. The number of nitrogens with zero attached hydrogens (tertiary/aromatic N) is 1. The summed E-state index contributed by atoms with van der Waals surface area (Å²) in [4.78, 5) is 39.4. The lowest BCUT2D eigenvalue weighted by Gasteiger charge is -2.21. The van der Waals surface area contributed by atoms with E-state index in [0.717, 1.165) is 16.7 Å². The number of carbonyl (C=O) groups excluding carboxylic acids is 2. The number of hydrogen-bond acceptors (Lipinski definition) is 5. The molecule has 1 atom stereocenters. The van der Waals surface area contributed by atoms with Crippen molar-refractivity contribution in [3.8, 4) is 11.1 Å². The number of rotatable bonds is 9. The standard InChI is InChI=1S/C29H28N4O4S/c1-33(2)17-24(28(35)30-23-6-4-3-5-7-23)19-8-10-20(11-9-19)27(34)31-26-16-21(22-14-15-38-18-22)12-13-25(26)32-29(36)37/h3-16,18,24,32H,17H2,1-2H3,(H,30,35)(H,31,34)(H,36,37). The molecule has 0 aliphatic heterocycles. The van der Waals surface area contributed by atoms with Crippen LogP contribution in [0.1, 0.15) is 21.8 Å². The minimum atomic E-state index is -1.23. The molecule has 8 nitrogen and oxygen atoms in total. The number of para-hydroxylation sites is 1. The molecule has 9 heteroatoms. The summed E-state index contributed by atoms with van der Waals surface area (Å²) in [7, 11) is 3.80. The lowest BCUT2D eigenvalue weighted by Crippen LogP contribution is -2.30. The van der Waals surface area contributed by atoms with Gasteiger partial charge < -0.3 is 20.6 Å². The molecule has 0 saturated heterocycles. The molecule has 3 amide bonds. The smallest absolute Gasteiger partial charge is 0.409 e. The van der Waals surface area contributed by atoms with Gasteiger partial charge in [-0.3, -0.25) is 14.9 Å². The van der Waals surface area contributed by atoms with Gasteiger partial charge >= 0.3 is 6.09 Å². The second-order valence-corrected chi connectivity index (χ2v) is 9.73. The predicted octanol–water partition coefficient (Wildman–Crippen LogP) is 6.04. The lowest BCUT2D eigenvalue weighted by atomic mass is 9.96. The maximum absolute atomic E-state index is 13.1. The zero-order valence-corrected chi connectivity index (χ0v) is 21.8. The van der Waals surface area contributed by atoms with Gasteiger partial charge in [-0.1, -0.05) is 36.4 Å². The molecule has 38 heavy (non-hydrogen) atoms. The van der Waals surface area contributed by atoms with Crippen molar-refractivity contribution in [2.45, 2.75) is 5.92 Å². The van der Waals surface area contributed by atoms with Crippen LogP contribution >= 0.6 is 11.3 Å². The van der Waals surface area contributed by atoms with E-state index in [1.54, 1.807) is 53.8 Å². The van der Waals surface area contributed by atoms with Crippen molar-refractivity contribution in [1.82, 2.24) is 4.90 Å². The Hall–Kier alpha value is -4.47. The van der Waals surface area contributed by atoms with Gasteiger partial charge in [0.1, 0.15) is 0 Å². The molecule has 4 rings (SSSR count). The fourth-order valence-corrected chi connectivity index (χ4v) is 4.66. The Labute approximate surface area is 224 Å². The molecule has 0 spiro atoms. The van der Waals surface area contributed by atoms with Gasteiger partial charge in [0.2, 0.25) is 5.91 Å². The number of benzene rings is 3. The minimum absolute atomic E-state index is 0.142. The Balaban J connectivity index is 1.54. The van der Waals surface area contributed by atoms with Crippen LogP contribution in [0.15, 0.2) is 89.6 Å². The van der Waals surface area contributed by atoms with Crippen molar-refractivity contribution in [2.24, 2.45) is 0 Å². The summed E-state index contributed by atoms with van der Waals surface area (Å²) in [6.07, 6.45) is -1.23. The van der Waals surface area contributed by atoms with E-state index in [0.29, 0.717) is 23.5 Å². The first kappa shape index (κ1) is 26.6. The lowest BCUT2D eigenvalue weighted by molar-refractivity contribution is -0.117. The van der Waals surface area contributed by atoms with Crippen LogP contribution in [0.25, 0.3) is 11.1 Å². The van der Waals surface area contributed by atoms with Gasteiger partial charge in [-0.25, -0.2) is 4.79 Å². The van der Waals surface area contributed by atoms with E-state index < -0.39 is 17.9 Å². The van der Waals surface area contributed by atoms with Crippen LogP contribution in [0.4, 0.5) is 21.9 Å². The molecule has 1 heterocycles. The Morgan fingerprint density at radius 2 is 1.58 bits per heavy atom. The number of amides is 3. The van der Waals surface area contributed by atoms with Crippen molar-refractivity contribution >= 4 is 46.3 Å². The molecule has 0 radical (unpaired) electrons. The summed E-state index contributed by atoms with van der Waals surface area (Å²) in [5.74, 6) is -0.988. The predicted molar refractivity (Wildman–Crippen MR) is 152 cm³/mol. The zero-order chi connectivity index (χ0) is 27.1. The van der Waals surface area contributed by atoms with E-state index in [-0.39, 0.29) is 11.6 Å². The molecule has 1 aromatic heterocycles. The molecule has 194 valence electrons. The van der Waals surface area contributed by atoms with Crippen LogP contribution in [-0.4, -0.2) is 48.6 Å². The van der Waals surface area contributed by atoms with Crippen molar-refractivity contribution in [3.05, 3.63) is 101 Å². The molecule has 4 N–H and O–H groups in total. The van der Waals surface area contributed by atoms with Crippen molar-refractivity contribution in [1.29, 1.82) is 0 Å². The summed E-state index contributed by atoms with van der Waals surface area (Å²) in [5.41, 5.74) is 4.30. The van der Waals surface area contributed by atoms with E-state index in [1.165, 1.54) is 0 Å². The van der Waals surface area contributed by atoms with Crippen molar-refractivity contribution in [2.75, 3.05) is 36.6 Å². The number of likely N-dealkylation sites (N-methyl/N-ethyl adjacent to an activating group) is 1. The Morgan fingerprint density at radius 3 is 2.21 bits per heavy atom. The van der Waals surface area contributed by atoms with Crippen molar-refractivity contribution in [3.63, 3.8) is 0 Å². The molecule has 0 saturated carbocycles. The average molecular weight is 529 g/mol. The number of hydrogen-bond donors (Lipinski definition) is 4. The summed E-state index contributed by atoms with van der Waals surface area (Å²) in [6.45, 7) is 0.490. The Bertz CT molecular complexity index is 1400. The summed E-state index contributed by atoms with van der Waals surface area (Å²) in [6, 6.07) is 23.2. The largest absolute Gasteiger partial charge is 0.465 e. The molecular formula is C29H28N4O4S. The second kappa shape index (κ2) is 12.2. The Morgan fingerprint density at radius 1 is 0.842 bits per heavy atom. The first-order valence-corrected chi connectivity index (χ1v) is 12.8.